The van der Waals surface area contributed by atoms with Gasteiger partial charge in [0.2, 0.25) is 0 Å². The molecule has 0 spiro atoms. The van der Waals surface area contributed by atoms with E-state index in [0.29, 0.717) is 0 Å². The average molecular weight is 225 g/mol. The summed E-state index contributed by atoms with van der Waals surface area (Å²) in [5.74, 6) is 0. The summed E-state index contributed by atoms with van der Waals surface area (Å²) < 4.78 is 0. The van der Waals surface area contributed by atoms with Crippen molar-refractivity contribution in [3.8, 4) is 0 Å². The van der Waals surface area contributed by atoms with Crippen LogP contribution in [0, 0.1) is 0 Å². The van der Waals surface area contributed by atoms with Crippen LogP contribution in [0.3, 0.4) is 0 Å². The van der Waals surface area contributed by atoms with Gasteiger partial charge < -0.3 is 5.32 Å². The Hall–Kier alpha value is -0.340. The van der Waals surface area contributed by atoms with Crippen LogP contribution in [-0.4, -0.2) is 13.1 Å². The Kier molecular flexibility index (Phi) is 5.34. The van der Waals surface area contributed by atoms with Gasteiger partial charge in [-0.2, -0.15) is 0 Å². The van der Waals surface area contributed by atoms with E-state index >= 15 is 0 Å². The summed E-state index contributed by atoms with van der Waals surface area (Å²) in [6.07, 6.45) is 3.94. The van der Waals surface area contributed by atoms with Gasteiger partial charge in [-0.05, 0) is 24.4 Å². The summed E-state index contributed by atoms with van der Waals surface area (Å²) in [4.78, 5) is 1.48. The van der Waals surface area contributed by atoms with Crippen molar-refractivity contribution in [3.63, 3.8) is 0 Å². The third-order valence-corrected chi connectivity index (χ3v) is 3.95. The lowest BCUT2D eigenvalue weighted by Gasteiger charge is -2.23. The number of thiophene rings is 1. The summed E-state index contributed by atoms with van der Waals surface area (Å²) >= 11 is 1.86. The molecule has 0 fully saturated rings. The molecule has 2 heteroatoms. The monoisotopic (exact) mass is 225 g/mol. The Morgan fingerprint density at radius 3 is 2.73 bits per heavy atom. The fraction of sp³-hybridized carbons (Fsp3) is 0.692. The summed E-state index contributed by atoms with van der Waals surface area (Å²) in [6.45, 7) is 9.10. The first-order valence-electron chi connectivity index (χ1n) is 5.91. The van der Waals surface area contributed by atoms with Gasteiger partial charge >= 0.3 is 0 Å². The first kappa shape index (κ1) is 12.7. The number of hydrogen-bond acceptors (Lipinski definition) is 2. The molecule has 0 unspecified atom stereocenters. The molecule has 1 heterocycles. The molecule has 1 rings (SSSR count). The molecule has 0 bridgehead atoms. The molecule has 0 amide bonds. The second-order valence-corrected chi connectivity index (χ2v) is 5.69. The zero-order valence-electron chi connectivity index (χ0n) is 10.2. The van der Waals surface area contributed by atoms with Gasteiger partial charge in [0.05, 0.1) is 0 Å². The molecule has 1 N–H and O–H groups in total. The molecule has 0 aliphatic rings. The van der Waals surface area contributed by atoms with Crippen LogP contribution >= 0.6 is 11.3 Å². The summed E-state index contributed by atoms with van der Waals surface area (Å²) in [7, 11) is 0. The highest BCUT2D eigenvalue weighted by molar-refractivity contribution is 7.10. The molecule has 1 nitrogen and oxygen atoms in total. The van der Waals surface area contributed by atoms with Crippen molar-refractivity contribution in [2.75, 3.05) is 13.1 Å². The van der Waals surface area contributed by atoms with E-state index in [1.807, 2.05) is 11.3 Å². The largest absolute Gasteiger partial charge is 0.316 e. The molecule has 0 aliphatic heterocycles. The fourth-order valence-corrected chi connectivity index (χ4v) is 2.50. The van der Waals surface area contributed by atoms with E-state index in [1.165, 1.54) is 24.1 Å². The summed E-state index contributed by atoms with van der Waals surface area (Å²) in [5, 5.41) is 5.72. The molecular weight excluding hydrogens is 202 g/mol. The van der Waals surface area contributed by atoms with Gasteiger partial charge in [0, 0.05) is 16.8 Å². The molecule has 0 aliphatic carbocycles. The van der Waals surface area contributed by atoms with Crippen molar-refractivity contribution < 1.29 is 0 Å². The Morgan fingerprint density at radius 2 is 2.13 bits per heavy atom. The molecule has 0 atom stereocenters. The first-order valence-corrected chi connectivity index (χ1v) is 6.79. The highest BCUT2D eigenvalue weighted by Gasteiger charge is 2.20. The lowest BCUT2D eigenvalue weighted by molar-refractivity contribution is 0.470. The zero-order chi connectivity index (χ0) is 11.1. The van der Waals surface area contributed by atoms with Crippen LogP contribution in [0.2, 0.25) is 0 Å². The van der Waals surface area contributed by atoms with Crippen LogP contribution in [0.5, 0.6) is 0 Å². The van der Waals surface area contributed by atoms with Crippen LogP contribution in [0.15, 0.2) is 17.5 Å². The quantitative estimate of drug-likeness (QED) is 0.696. The molecule has 0 aromatic carbocycles. The van der Waals surface area contributed by atoms with Crippen molar-refractivity contribution in [2.45, 2.75) is 45.4 Å². The maximum Gasteiger partial charge on any atom is 0.0115 e. The van der Waals surface area contributed by atoms with Crippen LogP contribution in [0.4, 0.5) is 0 Å². The van der Waals surface area contributed by atoms with Gasteiger partial charge in [-0.25, -0.2) is 0 Å². The van der Waals surface area contributed by atoms with Crippen molar-refractivity contribution in [1.29, 1.82) is 0 Å². The predicted octanol–water partition coefficient (Wildman–Crippen LogP) is 3.81. The van der Waals surface area contributed by atoms with Crippen LogP contribution in [0.1, 0.15) is 44.9 Å². The molecule has 15 heavy (non-hydrogen) atoms. The summed E-state index contributed by atoms with van der Waals surface area (Å²) in [6, 6.07) is 4.37. The highest BCUT2D eigenvalue weighted by Crippen LogP contribution is 2.26. The van der Waals surface area contributed by atoms with E-state index in [9.17, 15) is 0 Å². The van der Waals surface area contributed by atoms with E-state index in [4.69, 9.17) is 0 Å². The Bertz CT molecular complexity index is 252. The van der Waals surface area contributed by atoms with Crippen molar-refractivity contribution in [1.82, 2.24) is 5.32 Å². The van der Waals surface area contributed by atoms with Gasteiger partial charge in [-0.15, -0.1) is 11.3 Å². The number of unbranched alkanes of at least 4 members (excludes halogenated alkanes) is 2. The fourth-order valence-electron chi connectivity index (χ4n) is 1.65. The number of nitrogens with one attached hydrogen (secondary N) is 1. The van der Waals surface area contributed by atoms with Gasteiger partial charge in [-0.3, -0.25) is 0 Å². The molecule has 0 saturated carbocycles. The van der Waals surface area contributed by atoms with Gasteiger partial charge in [0.15, 0.2) is 0 Å². The smallest absolute Gasteiger partial charge is 0.0115 e. The van der Waals surface area contributed by atoms with Crippen LogP contribution < -0.4 is 5.32 Å². The minimum Gasteiger partial charge on any atom is -0.316 e. The lowest BCUT2D eigenvalue weighted by atomic mass is 9.91. The Morgan fingerprint density at radius 1 is 1.33 bits per heavy atom. The lowest BCUT2D eigenvalue weighted by Crippen LogP contribution is -2.32. The second kappa shape index (κ2) is 6.29. The molecule has 0 radical (unpaired) electrons. The van der Waals surface area contributed by atoms with E-state index < -0.39 is 0 Å². The zero-order valence-corrected chi connectivity index (χ0v) is 11.0. The third-order valence-electron chi connectivity index (χ3n) is 2.71. The average Bonchev–Trinajstić information content (AvgIpc) is 2.70. The second-order valence-electron chi connectivity index (χ2n) is 4.75. The molecule has 86 valence electrons. The van der Waals surface area contributed by atoms with Gasteiger partial charge in [0.25, 0.3) is 0 Å². The first-order chi connectivity index (χ1) is 7.17. The SMILES string of the molecule is CCCCCNCC(C)(C)c1cccs1. The van der Waals surface area contributed by atoms with Crippen molar-refractivity contribution in [3.05, 3.63) is 22.4 Å². The van der Waals surface area contributed by atoms with Crippen molar-refractivity contribution >= 4 is 11.3 Å². The topological polar surface area (TPSA) is 12.0 Å². The molecule has 0 saturated heterocycles. The van der Waals surface area contributed by atoms with Gasteiger partial charge in [-0.1, -0.05) is 39.7 Å². The van der Waals surface area contributed by atoms with Gasteiger partial charge in [0.1, 0.15) is 0 Å². The standard InChI is InChI=1S/C13H23NS/c1-4-5-6-9-14-11-13(2,3)12-8-7-10-15-12/h7-8,10,14H,4-6,9,11H2,1-3H3. The van der Waals surface area contributed by atoms with Crippen LogP contribution in [-0.2, 0) is 5.41 Å². The predicted molar refractivity (Wildman–Crippen MR) is 69.7 cm³/mol. The molecule has 1 aromatic heterocycles. The molecule has 1 aromatic rings. The maximum atomic E-state index is 3.56. The minimum atomic E-state index is 0.278. The number of rotatable bonds is 7. The Balaban J connectivity index is 2.25. The normalized spacial score (nSPS) is 11.9. The molecular formula is C13H23NS. The summed E-state index contributed by atoms with van der Waals surface area (Å²) in [5.41, 5.74) is 0.278. The van der Waals surface area contributed by atoms with E-state index in [2.05, 4.69) is 43.6 Å². The van der Waals surface area contributed by atoms with Crippen molar-refractivity contribution in [2.24, 2.45) is 0 Å². The Labute approximate surface area is 97.9 Å². The highest BCUT2D eigenvalue weighted by atomic mass is 32.1. The van der Waals surface area contributed by atoms with Crippen LogP contribution in [0.25, 0.3) is 0 Å². The number of hydrogen-bond donors (Lipinski definition) is 1. The van der Waals surface area contributed by atoms with E-state index in [-0.39, 0.29) is 5.41 Å². The minimum absolute atomic E-state index is 0.278. The third kappa shape index (κ3) is 4.35. The van der Waals surface area contributed by atoms with E-state index in [0.717, 1.165) is 13.1 Å². The van der Waals surface area contributed by atoms with E-state index in [1.54, 1.807) is 0 Å². The maximum absolute atomic E-state index is 3.56.